The van der Waals surface area contributed by atoms with E-state index in [-0.39, 0.29) is 23.0 Å². The second-order valence-corrected chi connectivity index (χ2v) is 6.07. The van der Waals surface area contributed by atoms with Gasteiger partial charge in [-0.05, 0) is 24.3 Å². The maximum Gasteiger partial charge on any atom is 0.123 e. The molecule has 4 N–H and O–H groups in total. The van der Waals surface area contributed by atoms with Crippen LogP contribution in [0.2, 0.25) is 0 Å². The molecule has 0 unspecified atom stereocenters. The largest absolute Gasteiger partial charge is 0.507 e. The Balaban J connectivity index is 0.000000161. The molecule has 0 saturated carbocycles. The van der Waals surface area contributed by atoms with Crippen LogP contribution in [0.1, 0.15) is 0 Å². The van der Waals surface area contributed by atoms with E-state index >= 15 is 0 Å². The molecule has 0 heterocycles. The molecule has 0 aromatic heterocycles. The van der Waals surface area contributed by atoms with E-state index in [2.05, 4.69) is 0 Å². The number of hydrogen-bond donors (Lipinski definition) is 4. The molecule has 140 valence electrons. The molecule has 0 aliphatic carbocycles. The van der Waals surface area contributed by atoms with Gasteiger partial charge in [0.1, 0.15) is 23.0 Å². The van der Waals surface area contributed by atoms with Gasteiger partial charge in [0.25, 0.3) is 0 Å². The molecule has 0 aliphatic heterocycles. The van der Waals surface area contributed by atoms with Crippen LogP contribution in [0.4, 0.5) is 0 Å². The number of benzene rings is 4. The Labute approximate surface area is 163 Å². The zero-order chi connectivity index (χ0) is 19.9. The fourth-order valence-electron chi connectivity index (χ4n) is 2.81. The predicted molar refractivity (Wildman–Crippen MR) is 110 cm³/mol. The highest BCUT2D eigenvalue weighted by molar-refractivity contribution is 5.75. The average molecular weight is 372 g/mol. The summed E-state index contributed by atoms with van der Waals surface area (Å²) in [6.07, 6.45) is 0. The quantitative estimate of drug-likeness (QED) is 0.373. The van der Waals surface area contributed by atoms with E-state index in [0.717, 1.165) is 0 Å². The number of aromatic hydroxyl groups is 4. The fourth-order valence-corrected chi connectivity index (χ4v) is 2.81. The standard InChI is InChI=1S/2C12H10O2/c2*13-11-7-3-1-5-9(11)10-6-2-4-8-12(10)14/h2*1-8,13-14H. The summed E-state index contributed by atoms with van der Waals surface area (Å²) in [7, 11) is 0. The maximum atomic E-state index is 9.58. The topological polar surface area (TPSA) is 80.9 Å². The van der Waals surface area contributed by atoms with Crippen molar-refractivity contribution in [3.63, 3.8) is 0 Å². The van der Waals surface area contributed by atoms with Crippen LogP contribution in [0.5, 0.6) is 23.0 Å². The number of para-hydroxylation sites is 4. The lowest BCUT2D eigenvalue weighted by Crippen LogP contribution is -1.79. The molecule has 0 spiro atoms. The van der Waals surface area contributed by atoms with Crippen molar-refractivity contribution in [2.24, 2.45) is 0 Å². The number of hydrogen-bond acceptors (Lipinski definition) is 4. The fraction of sp³-hybridized carbons (Fsp3) is 0. The number of rotatable bonds is 2. The molecule has 28 heavy (non-hydrogen) atoms. The average Bonchev–Trinajstić information content (AvgIpc) is 2.71. The highest BCUT2D eigenvalue weighted by Crippen LogP contribution is 2.35. The van der Waals surface area contributed by atoms with Crippen molar-refractivity contribution < 1.29 is 20.4 Å². The van der Waals surface area contributed by atoms with Crippen molar-refractivity contribution >= 4 is 0 Å². The minimum absolute atomic E-state index is 0.175. The first-order valence-electron chi connectivity index (χ1n) is 8.70. The molecule has 0 fully saturated rings. The molecule has 0 aliphatic rings. The van der Waals surface area contributed by atoms with Crippen LogP contribution in [0.3, 0.4) is 0 Å². The van der Waals surface area contributed by atoms with Crippen molar-refractivity contribution in [2.75, 3.05) is 0 Å². The molecule has 4 rings (SSSR count). The molecule has 4 heteroatoms. The summed E-state index contributed by atoms with van der Waals surface area (Å²) < 4.78 is 0. The van der Waals surface area contributed by atoms with E-state index in [1.165, 1.54) is 0 Å². The molecule has 0 bridgehead atoms. The zero-order valence-corrected chi connectivity index (χ0v) is 15.0. The molecular weight excluding hydrogens is 352 g/mol. The predicted octanol–water partition coefficient (Wildman–Crippen LogP) is 5.53. The molecule has 0 atom stereocenters. The van der Waals surface area contributed by atoms with E-state index in [9.17, 15) is 20.4 Å². The number of phenolic OH excluding ortho intramolecular Hbond substituents is 4. The van der Waals surface area contributed by atoms with Gasteiger partial charge in [0, 0.05) is 22.3 Å². The van der Waals surface area contributed by atoms with Crippen LogP contribution in [0.15, 0.2) is 97.1 Å². The van der Waals surface area contributed by atoms with Crippen LogP contribution in [0.25, 0.3) is 22.3 Å². The number of phenols is 4. The third-order valence-electron chi connectivity index (χ3n) is 4.20. The second-order valence-electron chi connectivity index (χ2n) is 6.07. The van der Waals surface area contributed by atoms with Crippen molar-refractivity contribution in [3.05, 3.63) is 97.1 Å². The van der Waals surface area contributed by atoms with Gasteiger partial charge in [-0.2, -0.15) is 0 Å². The van der Waals surface area contributed by atoms with Crippen molar-refractivity contribution in [1.82, 2.24) is 0 Å². The van der Waals surface area contributed by atoms with Crippen LogP contribution in [-0.2, 0) is 0 Å². The normalized spacial score (nSPS) is 10.0. The van der Waals surface area contributed by atoms with Crippen molar-refractivity contribution in [2.45, 2.75) is 0 Å². The Bertz CT molecular complexity index is 899. The molecule has 4 nitrogen and oxygen atoms in total. The lowest BCUT2D eigenvalue weighted by Gasteiger charge is -2.05. The van der Waals surface area contributed by atoms with Gasteiger partial charge < -0.3 is 20.4 Å². The summed E-state index contributed by atoms with van der Waals surface area (Å²) in [5.74, 6) is 0.700. The molecular formula is C24H20O4. The molecule has 0 radical (unpaired) electrons. The molecule has 0 saturated heterocycles. The SMILES string of the molecule is Oc1ccccc1-c1ccccc1O.Oc1ccccc1-c1ccccc1O. The summed E-state index contributed by atoms with van der Waals surface area (Å²) in [4.78, 5) is 0. The Kier molecular flexibility index (Phi) is 5.82. The van der Waals surface area contributed by atoms with Gasteiger partial charge in [0.15, 0.2) is 0 Å². The monoisotopic (exact) mass is 372 g/mol. The third-order valence-corrected chi connectivity index (χ3v) is 4.20. The first kappa shape index (κ1) is 18.9. The van der Waals surface area contributed by atoms with Gasteiger partial charge in [-0.3, -0.25) is 0 Å². The van der Waals surface area contributed by atoms with E-state index in [4.69, 9.17) is 0 Å². The first-order valence-corrected chi connectivity index (χ1v) is 8.70. The summed E-state index contributed by atoms with van der Waals surface area (Å²) in [5, 5.41) is 38.3. The van der Waals surface area contributed by atoms with E-state index in [0.29, 0.717) is 22.3 Å². The van der Waals surface area contributed by atoms with Gasteiger partial charge in [0.2, 0.25) is 0 Å². The zero-order valence-electron chi connectivity index (χ0n) is 15.0. The van der Waals surface area contributed by atoms with Gasteiger partial charge in [-0.15, -0.1) is 0 Å². The van der Waals surface area contributed by atoms with Crippen LogP contribution < -0.4 is 0 Å². The lowest BCUT2D eigenvalue weighted by molar-refractivity contribution is 0.469. The van der Waals surface area contributed by atoms with Gasteiger partial charge >= 0.3 is 0 Å². The third kappa shape index (κ3) is 4.24. The highest BCUT2D eigenvalue weighted by Gasteiger charge is 2.07. The van der Waals surface area contributed by atoms with E-state index in [1.54, 1.807) is 72.8 Å². The summed E-state index contributed by atoms with van der Waals surface area (Å²) in [6.45, 7) is 0. The highest BCUT2D eigenvalue weighted by atomic mass is 16.3. The Morgan fingerprint density at radius 1 is 0.286 bits per heavy atom. The smallest absolute Gasteiger partial charge is 0.123 e. The van der Waals surface area contributed by atoms with E-state index < -0.39 is 0 Å². The molecule has 0 amide bonds. The van der Waals surface area contributed by atoms with Crippen molar-refractivity contribution in [1.29, 1.82) is 0 Å². The Morgan fingerprint density at radius 2 is 0.464 bits per heavy atom. The molecule has 4 aromatic rings. The molecule has 4 aromatic carbocycles. The van der Waals surface area contributed by atoms with Gasteiger partial charge in [-0.1, -0.05) is 72.8 Å². The second kappa shape index (κ2) is 8.64. The van der Waals surface area contributed by atoms with Gasteiger partial charge in [-0.25, -0.2) is 0 Å². The van der Waals surface area contributed by atoms with E-state index in [1.807, 2.05) is 24.3 Å². The van der Waals surface area contributed by atoms with Crippen LogP contribution >= 0.6 is 0 Å². The Morgan fingerprint density at radius 3 is 0.643 bits per heavy atom. The summed E-state index contributed by atoms with van der Waals surface area (Å²) >= 11 is 0. The lowest BCUT2D eigenvalue weighted by atomic mass is 10.0. The summed E-state index contributed by atoms with van der Waals surface area (Å²) in [6, 6.07) is 27.7. The summed E-state index contributed by atoms with van der Waals surface area (Å²) in [5.41, 5.74) is 2.58. The Hall–Kier alpha value is -3.92. The van der Waals surface area contributed by atoms with Crippen LogP contribution in [0, 0.1) is 0 Å². The maximum absolute atomic E-state index is 9.58. The minimum Gasteiger partial charge on any atom is -0.507 e. The minimum atomic E-state index is 0.175. The van der Waals surface area contributed by atoms with Gasteiger partial charge in [0.05, 0.1) is 0 Å². The first-order chi connectivity index (χ1) is 13.6. The van der Waals surface area contributed by atoms with Crippen LogP contribution in [-0.4, -0.2) is 20.4 Å². The van der Waals surface area contributed by atoms with Crippen molar-refractivity contribution in [3.8, 4) is 45.3 Å².